The first-order chi connectivity index (χ1) is 9.65. The fraction of sp³-hybridized carbons (Fsp3) is 0.333. The number of hydrogen-bond donors (Lipinski definition) is 1. The van der Waals surface area contributed by atoms with Crippen LogP contribution < -0.4 is 5.56 Å². The number of benzene rings is 1. The fourth-order valence-corrected chi connectivity index (χ4v) is 3.11. The predicted octanol–water partition coefficient (Wildman–Crippen LogP) is 4.40. The first kappa shape index (κ1) is 13.7. The predicted molar refractivity (Wildman–Crippen MR) is 81.5 cm³/mol. The summed E-state index contributed by atoms with van der Waals surface area (Å²) in [5.74, 6) is 0.876. The number of nitrogens with one attached hydrogen (secondary N) is 1. The Balaban J connectivity index is 2.09. The van der Waals surface area contributed by atoms with Crippen LogP contribution in [0.2, 0.25) is 10.0 Å². The third-order valence-electron chi connectivity index (χ3n) is 3.74. The van der Waals surface area contributed by atoms with Gasteiger partial charge in [-0.25, -0.2) is 4.98 Å². The van der Waals surface area contributed by atoms with Crippen LogP contribution >= 0.6 is 23.2 Å². The van der Waals surface area contributed by atoms with Gasteiger partial charge in [0.2, 0.25) is 0 Å². The number of nitrogens with zero attached hydrogens (tertiary/aromatic N) is 1. The Hall–Kier alpha value is -1.32. The zero-order valence-corrected chi connectivity index (χ0v) is 12.3. The monoisotopic (exact) mass is 308 g/mol. The molecule has 1 aliphatic carbocycles. The van der Waals surface area contributed by atoms with Crippen molar-refractivity contribution in [2.24, 2.45) is 0 Å². The van der Waals surface area contributed by atoms with E-state index in [4.69, 9.17) is 23.2 Å². The summed E-state index contributed by atoms with van der Waals surface area (Å²) in [5, 5.41) is 0.874. The van der Waals surface area contributed by atoms with Crippen LogP contribution in [0.3, 0.4) is 0 Å². The number of aromatic nitrogens is 2. The SMILES string of the molecule is O=c1cc(C2CCCC2)nc(-c2cccc(Cl)c2Cl)[nH]1. The Labute approximate surface area is 127 Å². The topological polar surface area (TPSA) is 45.8 Å². The highest BCUT2D eigenvalue weighted by Gasteiger charge is 2.20. The molecule has 1 aromatic carbocycles. The van der Waals surface area contributed by atoms with Gasteiger partial charge < -0.3 is 4.98 Å². The van der Waals surface area contributed by atoms with Crippen molar-refractivity contribution < 1.29 is 0 Å². The van der Waals surface area contributed by atoms with Crippen LogP contribution in [0.5, 0.6) is 0 Å². The Morgan fingerprint density at radius 2 is 1.95 bits per heavy atom. The molecular formula is C15H14Cl2N2O. The van der Waals surface area contributed by atoms with Crippen LogP contribution in [0, 0.1) is 0 Å². The Bertz CT molecular complexity index is 691. The van der Waals surface area contributed by atoms with E-state index >= 15 is 0 Å². The van der Waals surface area contributed by atoms with Crippen molar-refractivity contribution in [1.29, 1.82) is 0 Å². The minimum absolute atomic E-state index is 0.145. The molecule has 1 heterocycles. The number of halogens is 2. The van der Waals surface area contributed by atoms with E-state index in [1.807, 2.05) is 6.07 Å². The van der Waals surface area contributed by atoms with Gasteiger partial charge in [-0.15, -0.1) is 0 Å². The normalized spacial score (nSPS) is 15.7. The first-order valence-electron chi connectivity index (χ1n) is 6.71. The highest BCUT2D eigenvalue weighted by atomic mass is 35.5. The maximum absolute atomic E-state index is 11.9. The van der Waals surface area contributed by atoms with Gasteiger partial charge in [0.15, 0.2) is 0 Å². The van der Waals surface area contributed by atoms with E-state index < -0.39 is 0 Å². The van der Waals surface area contributed by atoms with Crippen LogP contribution in [0.25, 0.3) is 11.4 Å². The summed E-state index contributed by atoms with van der Waals surface area (Å²) in [4.78, 5) is 19.2. The van der Waals surface area contributed by atoms with E-state index in [0.29, 0.717) is 27.4 Å². The van der Waals surface area contributed by atoms with Crippen molar-refractivity contribution in [2.75, 3.05) is 0 Å². The van der Waals surface area contributed by atoms with Crippen LogP contribution in [0.15, 0.2) is 29.1 Å². The summed E-state index contributed by atoms with van der Waals surface area (Å²) in [5.41, 5.74) is 1.38. The molecule has 0 radical (unpaired) electrons. The number of H-pyrrole nitrogens is 1. The summed E-state index contributed by atoms with van der Waals surface area (Å²) < 4.78 is 0. The molecule has 1 saturated carbocycles. The van der Waals surface area contributed by atoms with Crippen molar-refractivity contribution in [3.05, 3.63) is 50.4 Å². The van der Waals surface area contributed by atoms with Gasteiger partial charge in [-0.2, -0.15) is 0 Å². The summed E-state index contributed by atoms with van der Waals surface area (Å²) in [6.45, 7) is 0. The van der Waals surface area contributed by atoms with E-state index in [0.717, 1.165) is 18.5 Å². The summed E-state index contributed by atoms with van der Waals surface area (Å²) in [7, 11) is 0. The molecule has 3 nitrogen and oxygen atoms in total. The van der Waals surface area contributed by atoms with Crippen molar-refractivity contribution in [1.82, 2.24) is 9.97 Å². The molecule has 1 N–H and O–H groups in total. The Morgan fingerprint density at radius 1 is 1.20 bits per heavy atom. The van der Waals surface area contributed by atoms with Crippen LogP contribution in [-0.4, -0.2) is 9.97 Å². The summed E-state index contributed by atoms with van der Waals surface area (Å²) >= 11 is 12.2. The van der Waals surface area contributed by atoms with Gasteiger partial charge in [0.25, 0.3) is 5.56 Å². The van der Waals surface area contributed by atoms with Crippen molar-refractivity contribution in [3.63, 3.8) is 0 Å². The lowest BCUT2D eigenvalue weighted by atomic mass is 10.0. The highest BCUT2D eigenvalue weighted by Crippen LogP contribution is 2.35. The lowest BCUT2D eigenvalue weighted by molar-refractivity contribution is 0.693. The molecule has 0 aliphatic heterocycles. The standard InChI is InChI=1S/C15H14Cl2N2O/c16-11-7-3-6-10(14(11)17)15-18-12(8-13(20)19-15)9-4-1-2-5-9/h3,6-9H,1-2,4-5H2,(H,18,19,20). The van der Waals surface area contributed by atoms with Gasteiger partial charge in [0, 0.05) is 17.5 Å². The Kier molecular flexibility index (Phi) is 3.81. The first-order valence-corrected chi connectivity index (χ1v) is 7.46. The molecule has 0 spiro atoms. The van der Waals surface area contributed by atoms with Gasteiger partial charge in [0.05, 0.1) is 15.7 Å². The number of hydrogen-bond acceptors (Lipinski definition) is 2. The van der Waals surface area contributed by atoms with E-state index in [-0.39, 0.29) is 5.56 Å². The van der Waals surface area contributed by atoms with E-state index in [2.05, 4.69) is 9.97 Å². The van der Waals surface area contributed by atoms with E-state index in [9.17, 15) is 4.79 Å². The van der Waals surface area contributed by atoms with Crippen molar-refractivity contribution >= 4 is 23.2 Å². The number of aromatic amines is 1. The minimum Gasteiger partial charge on any atom is -0.306 e. The summed E-state index contributed by atoms with van der Waals surface area (Å²) in [6.07, 6.45) is 4.59. The third-order valence-corrected chi connectivity index (χ3v) is 4.56. The third kappa shape index (κ3) is 2.60. The molecule has 3 rings (SSSR count). The van der Waals surface area contributed by atoms with Gasteiger partial charge >= 0.3 is 0 Å². The molecule has 1 aromatic heterocycles. The smallest absolute Gasteiger partial charge is 0.251 e. The van der Waals surface area contributed by atoms with Crippen molar-refractivity contribution in [3.8, 4) is 11.4 Å². The fourth-order valence-electron chi connectivity index (χ4n) is 2.72. The molecule has 0 unspecified atom stereocenters. The molecule has 0 atom stereocenters. The molecule has 104 valence electrons. The van der Waals surface area contributed by atoms with Gasteiger partial charge in [-0.1, -0.05) is 42.1 Å². The summed E-state index contributed by atoms with van der Waals surface area (Å²) in [6, 6.07) is 6.92. The minimum atomic E-state index is -0.145. The van der Waals surface area contributed by atoms with Gasteiger partial charge in [-0.3, -0.25) is 4.79 Å². The molecule has 0 bridgehead atoms. The zero-order valence-electron chi connectivity index (χ0n) is 10.8. The zero-order chi connectivity index (χ0) is 14.1. The average Bonchev–Trinajstić information content (AvgIpc) is 2.95. The maximum atomic E-state index is 11.9. The van der Waals surface area contributed by atoms with Gasteiger partial charge in [0.1, 0.15) is 5.82 Å². The van der Waals surface area contributed by atoms with Gasteiger partial charge in [-0.05, 0) is 25.0 Å². The number of rotatable bonds is 2. The second kappa shape index (κ2) is 5.58. The molecule has 2 aromatic rings. The van der Waals surface area contributed by atoms with Crippen LogP contribution in [0.4, 0.5) is 0 Å². The largest absolute Gasteiger partial charge is 0.306 e. The van der Waals surface area contributed by atoms with Crippen LogP contribution in [-0.2, 0) is 0 Å². The molecule has 5 heteroatoms. The molecule has 1 fully saturated rings. The lowest BCUT2D eigenvalue weighted by Crippen LogP contribution is -2.12. The van der Waals surface area contributed by atoms with E-state index in [1.54, 1.807) is 18.2 Å². The Morgan fingerprint density at radius 3 is 2.70 bits per heavy atom. The molecule has 20 heavy (non-hydrogen) atoms. The molecule has 1 aliphatic rings. The van der Waals surface area contributed by atoms with Crippen molar-refractivity contribution in [2.45, 2.75) is 31.6 Å². The maximum Gasteiger partial charge on any atom is 0.251 e. The lowest BCUT2D eigenvalue weighted by Gasteiger charge is -2.11. The second-order valence-corrected chi connectivity index (χ2v) is 5.89. The molecule has 0 saturated heterocycles. The van der Waals surface area contributed by atoms with E-state index in [1.165, 1.54) is 12.8 Å². The average molecular weight is 309 g/mol. The quantitative estimate of drug-likeness (QED) is 0.893. The highest BCUT2D eigenvalue weighted by molar-refractivity contribution is 6.43. The molecular weight excluding hydrogens is 295 g/mol. The second-order valence-electron chi connectivity index (χ2n) is 5.10. The molecule has 0 amide bonds. The van der Waals surface area contributed by atoms with Crippen LogP contribution in [0.1, 0.15) is 37.3 Å².